The van der Waals surface area contributed by atoms with Crippen LogP contribution in [0.3, 0.4) is 0 Å². The zero-order valence-electron chi connectivity index (χ0n) is 3.62. The molecule has 0 saturated carbocycles. The molecule has 1 heteroatoms. The molecule has 0 amide bonds. The summed E-state index contributed by atoms with van der Waals surface area (Å²) in [6.45, 7) is 4.54. The van der Waals surface area contributed by atoms with Gasteiger partial charge >= 0.3 is 0 Å². The van der Waals surface area contributed by atoms with Crippen LogP contribution in [0.2, 0.25) is 0 Å². The summed E-state index contributed by atoms with van der Waals surface area (Å²) < 4.78 is 0. The van der Waals surface area contributed by atoms with Gasteiger partial charge in [-0.2, -0.15) is 0 Å². The molecule has 0 N–H and O–H groups in total. The second kappa shape index (κ2) is 2.47. The molecule has 0 aromatic heterocycles. The number of hydrogen-bond acceptors (Lipinski definition) is 1. The fraction of sp³-hybridized carbons (Fsp3) is 0.200. The maximum absolute atomic E-state index is 9.83. The zero-order chi connectivity index (χ0) is 4.99. The number of hydrogen-bond donors (Lipinski definition) is 0. The number of ketones is 1. The molecule has 0 aromatic carbocycles. The Labute approximate surface area is 37.4 Å². The number of carbonyl (C=O) groups is 1. The van der Waals surface area contributed by atoms with Gasteiger partial charge in [0.2, 0.25) is 5.78 Å². The Morgan fingerprint density at radius 1 is 1.83 bits per heavy atom. The van der Waals surface area contributed by atoms with Gasteiger partial charge in [-0.3, -0.25) is 4.79 Å². The van der Waals surface area contributed by atoms with Crippen LogP contribution in [0.25, 0.3) is 0 Å². The summed E-state index contributed by atoms with van der Waals surface area (Å²) in [6, 6.07) is 0. The van der Waals surface area contributed by atoms with Crippen molar-refractivity contribution in [1.82, 2.24) is 0 Å². The molecular formula is C5H5O. The van der Waals surface area contributed by atoms with Crippen LogP contribution in [-0.4, -0.2) is 5.78 Å². The van der Waals surface area contributed by atoms with Crippen molar-refractivity contribution in [2.45, 2.75) is 6.92 Å². The van der Waals surface area contributed by atoms with Gasteiger partial charge in [-0.1, -0.05) is 5.92 Å². The molecule has 0 aliphatic carbocycles. The molecule has 0 aromatic rings. The first-order chi connectivity index (χ1) is 2.77. The summed E-state index contributed by atoms with van der Waals surface area (Å²) in [5.74, 6) is 4.29. The molecule has 0 bridgehead atoms. The van der Waals surface area contributed by atoms with Crippen LogP contribution in [0.1, 0.15) is 6.92 Å². The number of rotatable bonds is 0. The summed E-state index contributed by atoms with van der Waals surface area (Å²) in [5, 5.41) is 0. The van der Waals surface area contributed by atoms with Crippen molar-refractivity contribution in [3.05, 3.63) is 6.92 Å². The lowest BCUT2D eigenvalue weighted by atomic mass is 10.4. The van der Waals surface area contributed by atoms with Crippen molar-refractivity contribution in [3.8, 4) is 11.8 Å². The van der Waals surface area contributed by atoms with Gasteiger partial charge in [-0.05, 0) is 5.92 Å². The molecule has 0 aliphatic rings. The zero-order valence-corrected chi connectivity index (χ0v) is 3.62. The van der Waals surface area contributed by atoms with E-state index in [-0.39, 0.29) is 5.78 Å². The van der Waals surface area contributed by atoms with Gasteiger partial charge in [-0.25, -0.2) is 0 Å². The van der Waals surface area contributed by atoms with Crippen molar-refractivity contribution in [2.75, 3.05) is 0 Å². The summed E-state index contributed by atoms with van der Waals surface area (Å²) in [5.41, 5.74) is 0. The third-order valence-electron chi connectivity index (χ3n) is 0.264. The van der Waals surface area contributed by atoms with Gasteiger partial charge in [-0.15, -0.1) is 0 Å². The molecule has 0 unspecified atom stereocenters. The van der Waals surface area contributed by atoms with Crippen molar-refractivity contribution in [1.29, 1.82) is 0 Å². The molecule has 0 heterocycles. The van der Waals surface area contributed by atoms with E-state index in [1.807, 2.05) is 0 Å². The van der Waals surface area contributed by atoms with Crippen LogP contribution in [0.5, 0.6) is 0 Å². The third-order valence-corrected chi connectivity index (χ3v) is 0.264. The van der Waals surface area contributed by atoms with Gasteiger partial charge in [0, 0.05) is 13.8 Å². The molecule has 1 nitrogen and oxygen atoms in total. The van der Waals surface area contributed by atoms with Crippen molar-refractivity contribution in [3.63, 3.8) is 0 Å². The lowest BCUT2D eigenvalue weighted by molar-refractivity contribution is -0.111. The molecule has 31 valence electrons. The van der Waals surface area contributed by atoms with E-state index in [0.717, 1.165) is 0 Å². The Hall–Kier alpha value is -0.770. The molecule has 0 atom stereocenters. The average molecular weight is 81.1 g/mol. The highest BCUT2D eigenvalue weighted by Crippen LogP contribution is 1.56. The Morgan fingerprint density at radius 2 is 2.33 bits per heavy atom. The van der Waals surface area contributed by atoms with Gasteiger partial charge < -0.3 is 0 Å². The molecule has 1 radical (unpaired) electrons. The van der Waals surface area contributed by atoms with E-state index in [1.165, 1.54) is 6.92 Å². The second-order valence-corrected chi connectivity index (χ2v) is 0.858. The summed E-state index contributed by atoms with van der Waals surface area (Å²) in [7, 11) is 0. The van der Waals surface area contributed by atoms with Gasteiger partial charge in [0.05, 0.1) is 0 Å². The fourth-order valence-electron chi connectivity index (χ4n) is 0.124. The molecule has 0 spiro atoms. The standard InChI is InChI=1S/C5H5O/c1-3-4-5(2)6/h1H2,2H3. The minimum atomic E-state index is -0.134. The van der Waals surface area contributed by atoms with E-state index in [4.69, 9.17) is 0 Å². The van der Waals surface area contributed by atoms with Crippen LogP contribution in [0.4, 0.5) is 0 Å². The van der Waals surface area contributed by atoms with Gasteiger partial charge in [0.25, 0.3) is 0 Å². The van der Waals surface area contributed by atoms with E-state index in [9.17, 15) is 4.79 Å². The smallest absolute Gasteiger partial charge is 0.202 e. The lowest BCUT2D eigenvalue weighted by Gasteiger charge is -1.61. The molecular weight excluding hydrogens is 76.1 g/mol. The van der Waals surface area contributed by atoms with Crippen molar-refractivity contribution >= 4 is 5.78 Å². The molecule has 0 saturated heterocycles. The largest absolute Gasteiger partial charge is 0.285 e. The summed E-state index contributed by atoms with van der Waals surface area (Å²) >= 11 is 0. The monoisotopic (exact) mass is 81.0 g/mol. The Bertz CT molecular complexity index is 103. The van der Waals surface area contributed by atoms with Crippen LogP contribution < -0.4 is 0 Å². The van der Waals surface area contributed by atoms with Crippen LogP contribution in [0, 0.1) is 18.8 Å². The first kappa shape index (κ1) is 5.23. The molecule has 0 fully saturated rings. The highest BCUT2D eigenvalue weighted by atomic mass is 16.1. The molecule has 6 heavy (non-hydrogen) atoms. The number of carbonyl (C=O) groups excluding carboxylic acids is 1. The number of Topliss-reactive ketones (excluding diaryl/α,β-unsaturated/α-hetero) is 1. The van der Waals surface area contributed by atoms with E-state index in [0.29, 0.717) is 0 Å². The quantitative estimate of drug-likeness (QED) is 0.305. The molecule has 0 aliphatic heterocycles. The highest BCUT2D eigenvalue weighted by molar-refractivity contribution is 5.93. The summed E-state index contributed by atoms with van der Waals surface area (Å²) in [6.07, 6.45) is 0. The lowest BCUT2D eigenvalue weighted by Crippen LogP contribution is -1.77. The predicted octanol–water partition coefficient (Wildman–Crippen LogP) is 0.413. The Morgan fingerprint density at radius 3 is 2.33 bits per heavy atom. The van der Waals surface area contributed by atoms with E-state index in [1.54, 1.807) is 0 Å². The van der Waals surface area contributed by atoms with E-state index in [2.05, 4.69) is 18.8 Å². The van der Waals surface area contributed by atoms with Crippen LogP contribution in [-0.2, 0) is 4.79 Å². The average Bonchev–Trinajstić information content (AvgIpc) is 1.35. The SMILES string of the molecule is [CH2]C#CC(C)=O. The Balaban J connectivity index is 3.50. The van der Waals surface area contributed by atoms with Crippen LogP contribution >= 0.6 is 0 Å². The summed E-state index contributed by atoms with van der Waals surface area (Å²) in [4.78, 5) is 9.83. The third kappa shape index (κ3) is 3.23. The van der Waals surface area contributed by atoms with Crippen molar-refractivity contribution < 1.29 is 4.79 Å². The molecule has 0 rings (SSSR count). The van der Waals surface area contributed by atoms with Crippen molar-refractivity contribution in [2.24, 2.45) is 0 Å². The highest BCUT2D eigenvalue weighted by Gasteiger charge is 1.72. The first-order valence-corrected chi connectivity index (χ1v) is 1.56. The topological polar surface area (TPSA) is 17.1 Å². The second-order valence-electron chi connectivity index (χ2n) is 0.858. The fourth-order valence-corrected chi connectivity index (χ4v) is 0.124. The Kier molecular flexibility index (Phi) is 2.15. The maximum Gasteiger partial charge on any atom is 0.202 e. The van der Waals surface area contributed by atoms with Gasteiger partial charge in [0.15, 0.2) is 0 Å². The minimum absolute atomic E-state index is 0.134. The minimum Gasteiger partial charge on any atom is -0.285 e. The van der Waals surface area contributed by atoms with Crippen LogP contribution in [0.15, 0.2) is 0 Å². The van der Waals surface area contributed by atoms with E-state index >= 15 is 0 Å². The van der Waals surface area contributed by atoms with Gasteiger partial charge in [0.1, 0.15) is 0 Å². The first-order valence-electron chi connectivity index (χ1n) is 1.56. The maximum atomic E-state index is 9.83. The normalized spacial score (nSPS) is 5.67. The predicted molar refractivity (Wildman–Crippen MR) is 23.8 cm³/mol. The van der Waals surface area contributed by atoms with E-state index < -0.39 is 0 Å².